The summed E-state index contributed by atoms with van der Waals surface area (Å²) in [4.78, 5) is 45.9. The van der Waals surface area contributed by atoms with Crippen LogP contribution in [0.4, 0.5) is 0 Å². The van der Waals surface area contributed by atoms with Crippen molar-refractivity contribution >= 4 is 25.7 Å². The van der Waals surface area contributed by atoms with Crippen LogP contribution in [-0.4, -0.2) is 72.1 Å². The van der Waals surface area contributed by atoms with Crippen LogP contribution in [0.15, 0.2) is 60.8 Å². The maximum atomic E-state index is 12.6. The van der Waals surface area contributed by atoms with Crippen molar-refractivity contribution < 1.29 is 52.2 Å². The summed E-state index contributed by atoms with van der Waals surface area (Å²) >= 11 is 0. The van der Waals surface area contributed by atoms with Crippen molar-refractivity contribution in [3.63, 3.8) is 0 Å². The highest BCUT2D eigenvalue weighted by molar-refractivity contribution is 7.47. The molecule has 12 nitrogen and oxygen atoms in total. The molecular formula is C42H70NO11P. The van der Waals surface area contributed by atoms with Crippen LogP contribution < -0.4 is 5.73 Å². The maximum absolute atomic E-state index is 12.6. The average Bonchev–Trinajstić information content (AvgIpc) is 3.91. The van der Waals surface area contributed by atoms with Crippen LogP contribution in [0.5, 0.6) is 0 Å². The summed E-state index contributed by atoms with van der Waals surface area (Å²) in [5.41, 5.74) is 5.32. The molecule has 314 valence electrons. The lowest BCUT2D eigenvalue weighted by atomic mass is 10.1. The minimum absolute atomic E-state index is 0.0996. The summed E-state index contributed by atoms with van der Waals surface area (Å²) in [6, 6.07) is -1.53. The van der Waals surface area contributed by atoms with Crippen molar-refractivity contribution in [2.75, 3.05) is 19.8 Å². The van der Waals surface area contributed by atoms with Gasteiger partial charge >= 0.3 is 25.7 Å². The van der Waals surface area contributed by atoms with Crippen molar-refractivity contribution in [1.82, 2.24) is 0 Å². The van der Waals surface area contributed by atoms with Crippen LogP contribution in [-0.2, 0) is 42.2 Å². The van der Waals surface area contributed by atoms with Gasteiger partial charge in [-0.15, -0.1) is 0 Å². The van der Waals surface area contributed by atoms with E-state index in [1.165, 1.54) is 19.3 Å². The summed E-state index contributed by atoms with van der Waals surface area (Å²) in [5.74, 6) is -2.47. The van der Waals surface area contributed by atoms with E-state index in [1.54, 1.807) is 0 Å². The standard InChI is InChI=1S/C42H70NO11P/c1-3-5-7-9-11-12-13-14-15-16-17-18-19-23-28-32-41(45)53-36(34-51-55(48,49)52-35-37(43)42(46)47)33-50-40(44)31-27-24-20-22-26-30-39-38(54-39)29-25-21-10-8-6-4-2/h5,7,11-12,14-15,17-18,21,25,36-39H,3-4,6,8-10,13,16,19-20,22-24,26-35,43H2,1-2H3,(H,46,47)(H,48,49)/b7-5-,12-11-,15-14-,18-17-,25-21-/t36-,37+,38?,39?/m1/s1. The zero-order valence-corrected chi connectivity index (χ0v) is 34.3. The number of unbranched alkanes of at least 4 members (excludes halogenated alkanes) is 9. The van der Waals surface area contributed by atoms with Crippen molar-refractivity contribution in [1.29, 1.82) is 0 Å². The molecule has 13 heteroatoms. The third-order valence-electron chi connectivity index (χ3n) is 8.67. The van der Waals surface area contributed by atoms with Gasteiger partial charge in [0.2, 0.25) is 0 Å². The Balaban J connectivity index is 2.35. The first-order valence-corrected chi connectivity index (χ1v) is 21.9. The second-order valence-electron chi connectivity index (χ2n) is 13.8. The molecule has 3 unspecified atom stereocenters. The Bertz CT molecular complexity index is 1230. The van der Waals surface area contributed by atoms with Gasteiger partial charge in [0.25, 0.3) is 0 Å². The fourth-order valence-electron chi connectivity index (χ4n) is 5.35. The molecule has 1 heterocycles. The Morgan fingerprint density at radius 1 is 0.691 bits per heavy atom. The number of aliphatic carboxylic acids is 1. The number of allylic oxidation sites excluding steroid dienone is 9. The average molecular weight is 796 g/mol. The molecule has 1 aliphatic rings. The van der Waals surface area contributed by atoms with E-state index in [-0.39, 0.29) is 19.4 Å². The lowest BCUT2D eigenvalue weighted by Crippen LogP contribution is -2.34. The van der Waals surface area contributed by atoms with Crippen LogP contribution in [0.2, 0.25) is 0 Å². The second kappa shape index (κ2) is 33.3. The molecule has 5 atom stereocenters. The predicted molar refractivity (Wildman–Crippen MR) is 216 cm³/mol. The smallest absolute Gasteiger partial charge is 0.472 e. The number of carbonyl (C=O) groups excluding carboxylic acids is 2. The van der Waals surface area contributed by atoms with Gasteiger partial charge < -0.3 is 29.9 Å². The number of phosphoric ester groups is 1. The van der Waals surface area contributed by atoms with E-state index in [0.29, 0.717) is 25.0 Å². The first kappa shape index (κ1) is 50.2. The Kier molecular flexibility index (Phi) is 30.4. The fourth-order valence-corrected chi connectivity index (χ4v) is 6.13. The van der Waals surface area contributed by atoms with E-state index in [2.05, 4.69) is 79.1 Å². The minimum atomic E-state index is -4.74. The summed E-state index contributed by atoms with van der Waals surface area (Å²) < 4.78 is 38.4. The van der Waals surface area contributed by atoms with Gasteiger partial charge in [-0.3, -0.25) is 23.4 Å². The SMILES string of the molecule is CC/C=C\C/C=C\C/C=C\C/C=C\CCCCC(=O)O[C@H](COC(=O)CCCCCCCC1OC1C/C=C\CCCCC)COP(=O)(O)OC[C@H](N)C(=O)O. The van der Waals surface area contributed by atoms with Crippen LogP contribution in [0.3, 0.4) is 0 Å². The number of nitrogens with two attached hydrogens (primary N) is 1. The number of hydrogen-bond acceptors (Lipinski definition) is 10. The second-order valence-corrected chi connectivity index (χ2v) is 15.2. The third-order valence-corrected chi connectivity index (χ3v) is 9.62. The highest BCUT2D eigenvalue weighted by atomic mass is 31.2. The highest BCUT2D eigenvalue weighted by Gasteiger charge is 2.36. The van der Waals surface area contributed by atoms with Crippen LogP contribution in [0.1, 0.15) is 142 Å². The topological polar surface area (TPSA) is 184 Å². The molecule has 4 N–H and O–H groups in total. The van der Waals surface area contributed by atoms with Crippen molar-refractivity contribution in [2.24, 2.45) is 5.73 Å². The van der Waals surface area contributed by atoms with Gasteiger partial charge in [-0.2, -0.15) is 0 Å². The third kappa shape index (κ3) is 31.0. The lowest BCUT2D eigenvalue weighted by molar-refractivity contribution is -0.161. The zero-order valence-electron chi connectivity index (χ0n) is 33.4. The van der Waals surface area contributed by atoms with Gasteiger partial charge in [0.15, 0.2) is 6.10 Å². The Labute approximate surface area is 330 Å². The summed E-state index contributed by atoms with van der Waals surface area (Å²) in [7, 11) is -4.74. The van der Waals surface area contributed by atoms with E-state index in [4.69, 9.17) is 29.6 Å². The molecule has 1 aliphatic heterocycles. The molecular weight excluding hydrogens is 725 g/mol. The van der Waals surface area contributed by atoms with Crippen molar-refractivity contribution in [3.05, 3.63) is 60.8 Å². The van der Waals surface area contributed by atoms with Gasteiger partial charge in [0.05, 0.1) is 25.4 Å². The molecule has 1 saturated heterocycles. The highest BCUT2D eigenvalue weighted by Crippen LogP contribution is 2.43. The monoisotopic (exact) mass is 795 g/mol. The van der Waals surface area contributed by atoms with Crippen LogP contribution in [0.25, 0.3) is 0 Å². The van der Waals surface area contributed by atoms with E-state index >= 15 is 0 Å². The molecule has 0 radical (unpaired) electrons. The first-order valence-electron chi connectivity index (χ1n) is 20.4. The number of phosphoric acid groups is 1. The Morgan fingerprint density at radius 3 is 1.93 bits per heavy atom. The molecule has 0 bridgehead atoms. The van der Waals surface area contributed by atoms with Gasteiger partial charge in [-0.1, -0.05) is 113 Å². The minimum Gasteiger partial charge on any atom is -0.480 e. The van der Waals surface area contributed by atoms with E-state index in [1.807, 2.05) is 0 Å². The summed E-state index contributed by atoms with van der Waals surface area (Å²) in [6.07, 6.45) is 38.8. The maximum Gasteiger partial charge on any atom is 0.472 e. The number of carboxylic acid groups (broad SMARTS) is 1. The molecule has 0 saturated carbocycles. The normalized spacial score (nSPS) is 18.1. The molecule has 55 heavy (non-hydrogen) atoms. The summed E-state index contributed by atoms with van der Waals surface area (Å²) in [5, 5.41) is 8.88. The fraction of sp³-hybridized carbons (Fsp3) is 0.690. The quantitative estimate of drug-likeness (QED) is 0.0180. The van der Waals surface area contributed by atoms with Gasteiger partial charge in [0.1, 0.15) is 12.6 Å². The molecule has 0 spiro atoms. The number of hydrogen-bond donors (Lipinski definition) is 3. The van der Waals surface area contributed by atoms with Gasteiger partial charge in [-0.25, -0.2) is 4.57 Å². The Morgan fingerprint density at radius 2 is 1.25 bits per heavy atom. The van der Waals surface area contributed by atoms with Gasteiger partial charge in [0, 0.05) is 12.8 Å². The molecule has 0 aromatic heterocycles. The lowest BCUT2D eigenvalue weighted by Gasteiger charge is -2.20. The molecule has 1 fully saturated rings. The number of carboxylic acids is 1. The predicted octanol–water partition coefficient (Wildman–Crippen LogP) is 9.38. The number of rotatable bonds is 36. The molecule has 0 aromatic rings. The Hall–Kier alpha value is -2.86. The zero-order chi connectivity index (χ0) is 40.4. The molecule has 0 aromatic carbocycles. The van der Waals surface area contributed by atoms with Crippen molar-refractivity contribution in [2.45, 2.75) is 167 Å². The number of esters is 2. The van der Waals surface area contributed by atoms with E-state index < -0.39 is 51.1 Å². The molecule has 0 aliphatic carbocycles. The molecule has 0 amide bonds. The number of epoxide rings is 1. The number of carbonyl (C=O) groups is 3. The number of ether oxygens (including phenoxy) is 3. The molecule has 1 rings (SSSR count). The van der Waals surface area contributed by atoms with Crippen LogP contribution >= 0.6 is 7.82 Å². The van der Waals surface area contributed by atoms with Gasteiger partial charge in [-0.05, 0) is 77.0 Å². The summed E-state index contributed by atoms with van der Waals surface area (Å²) in [6.45, 7) is 2.57. The van der Waals surface area contributed by atoms with E-state index in [0.717, 1.165) is 83.5 Å². The van der Waals surface area contributed by atoms with Crippen molar-refractivity contribution in [3.8, 4) is 0 Å². The van der Waals surface area contributed by atoms with E-state index in [9.17, 15) is 23.8 Å². The van der Waals surface area contributed by atoms with Crippen LogP contribution in [0, 0.1) is 0 Å². The largest absolute Gasteiger partial charge is 0.480 e. The first-order chi connectivity index (χ1) is 26.6.